The van der Waals surface area contributed by atoms with Gasteiger partial charge in [0.25, 0.3) is 5.91 Å². The Bertz CT molecular complexity index is 1010. The van der Waals surface area contributed by atoms with Gasteiger partial charge in [0.05, 0.1) is 26.0 Å². The molecule has 1 aromatic heterocycles. The maximum Gasteiger partial charge on any atom is 0.272 e. The third kappa shape index (κ3) is 2.73. The second-order valence-corrected chi connectivity index (χ2v) is 6.73. The Morgan fingerprint density at radius 3 is 2.52 bits per heavy atom. The van der Waals surface area contributed by atoms with E-state index in [-0.39, 0.29) is 11.9 Å². The van der Waals surface area contributed by atoms with Crippen LogP contribution in [0.2, 0.25) is 5.02 Å². The second kappa shape index (κ2) is 6.63. The minimum Gasteiger partial charge on any atom is -0.497 e. The van der Waals surface area contributed by atoms with Gasteiger partial charge in [-0.1, -0.05) is 23.7 Å². The van der Waals surface area contributed by atoms with Crippen LogP contribution in [0.5, 0.6) is 11.5 Å². The number of hydrogen-bond donors (Lipinski definition) is 1. The zero-order valence-corrected chi connectivity index (χ0v) is 15.9. The van der Waals surface area contributed by atoms with Crippen molar-refractivity contribution in [2.75, 3.05) is 21.3 Å². The van der Waals surface area contributed by atoms with Gasteiger partial charge in [0.1, 0.15) is 17.2 Å². The van der Waals surface area contributed by atoms with Crippen LogP contribution in [0.1, 0.15) is 27.7 Å². The van der Waals surface area contributed by atoms with E-state index in [0.717, 1.165) is 22.4 Å². The minimum atomic E-state index is -0.321. The van der Waals surface area contributed by atoms with Crippen molar-refractivity contribution in [2.45, 2.75) is 6.04 Å². The van der Waals surface area contributed by atoms with Crippen LogP contribution in [-0.2, 0) is 0 Å². The number of carbonyl (C=O) groups is 1. The summed E-state index contributed by atoms with van der Waals surface area (Å²) in [7, 11) is 4.98. The number of methoxy groups -OCH3 is 2. The quantitative estimate of drug-likeness (QED) is 0.741. The van der Waals surface area contributed by atoms with Crippen molar-refractivity contribution in [3.8, 4) is 22.8 Å². The highest BCUT2D eigenvalue weighted by molar-refractivity contribution is 6.30. The van der Waals surface area contributed by atoms with Crippen LogP contribution in [0, 0.1) is 0 Å². The number of halogens is 1. The fourth-order valence-corrected chi connectivity index (χ4v) is 3.63. The smallest absolute Gasteiger partial charge is 0.272 e. The average molecular weight is 384 g/mol. The molecule has 3 aromatic rings. The van der Waals surface area contributed by atoms with E-state index in [0.29, 0.717) is 22.2 Å². The Kier molecular flexibility index (Phi) is 4.28. The summed E-state index contributed by atoms with van der Waals surface area (Å²) in [5.41, 5.74) is 3.79. The number of aromatic nitrogens is 2. The van der Waals surface area contributed by atoms with Crippen molar-refractivity contribution < 1.29 is 14.3 Å². The molecule has 0 fully saturated rings. The average Bonchev–Trinajstić information content (AvgIpc) is 3.22. The Balaban J connectivity index is 1.89. The van der Waals surface area contributed by atoms with Crippen molar-refractivity contribution in [1.29, 1.82) is 0 Å². The summed E-state index contributed by atoms with van der Waals surface area (Å²) in [5, 5.41) is 7.95. The topological polar surface area (TPSA) is 67.5 Å². The van der Waals surface area contributed by atoms with E-state index in [1.54, 1.807) is 38.3 Å². The normalized spacial score (nSPS) is 15.8. The van der Waals surface area contributed by atoms with Gasteiger partial charge in [-0.25, -0.2) is 0 Å². The van der Waals surface area contributed by atoms with Crippen molar-refractivity contribution in [3.05, 3.63) is 64.3 Å². The lowest BCUT2D eigenvalue weighted by Crippen LogP contribution is -2.25. The number of amides is 1. The summed E-state index contributed by atoms with van der Waals surface area (Å²) < 4.78 is 10.9. The fourth-order valence-electron chi connectivity index (χ4n) is 3.50. The molecule has 6 nitrogen and oxygen atoms in total. The molecular weight excluding hydrogens is 366 g/mol. The number of carbonyl (C=O) groups excluding carboxylic acids is 1. The summed E-state index contributed by atoms with van der Waals surface area (Å²) in [6, 6.07) is 12.7. The van der Waals surface area contributed by atoms with Gasteiger partial charge in [-0.2, -0.15) is 5.10 Å². The number of ether oxygens (including phenoxy) is 2. The van der Waals surface area contributed by atoms with E-state index in [2.05, 4.69) is 10.2 Å². The van der Waals surface area contributed by atoms with E-state index in [1.165, 1.54) is 0 Å². The molecule has 2 heterocycles. The molecule has 0 spiro atoms. The molecule has 7 heteroatoms. The SMILES string of the molecule is COc1ccc(C2c3c(-c4ccc(Cl)cc4)n[nH]c3C(=O)N2C)c(OC)c1. The molecule has 1 unspecified atom stereocenters. The highest BCUT2D eigenvalue weighted by Gasteiger charge is 2.41. The van der Waals surface area contributed by atoms with Crippen LogP contribution in [0.3, 0.4) is 0 Å². The molecule has 1 aliphatic rings. The summed E-state index contributed by atoms with van der Waals surface area (Å²) in [6.45, 7) is 0. The number of nitrogens with one attached hydrogen (secondary N) is 1. The number of nitrogens with zero attached hydrogens (tertiary/aromatic N) is 2. The summed E-state index contributed by atoms with van der Waals surface area (Å²) in [5.74, 6) is 1.23. The number of fused-ring (bicyclic) bond motifs is 1. The second-order valence-electron chi connectivity index (χ2n) is 6.29. The number of rotatable bonds is 4. The monoisotopic (exact) mass is 383 g/mol. The molecule has 1 aliphatic heterocycles. The predicted octanol–water partition coefficient (Wildman–Crippen LogP) is 3.92. The van der Waals surface area contributed by atoms with Crippen LogP contribution >= 0.6 is 11.6 Å². The van der Waals surface area contributed by atoms with Gasteiger partial charge in [0, 0.05) is 34.8 Å². The van der Waals surface area contributed by atoms with Crippen LogP contribution in [0.15, 0.2) is 42.5 Å². The van der Waals surface area contributed by atoms with Crippen molar-refractivity contribution in [3.63, 3.8) is 0 Å². The highest BCUT2D eigenvalue weighted by Crippen LogP contribution is 2.45. The zero-order chi connectivity index (χ0) is 19.1. The highest BCUT2D eigenvalue weighted by atomic mass is 35.5. The van der Waals surface area contributed by atoms with Crippen molar-refractivity contribution in [1.82, 2.24) is 15.1 Å². The lowest BCUT2D eigenvalue weighted by atomic mass is 9.95. The molecule has 27 heavy (non-hydrogen) atoms. The molecule has 0 bridgehead atoms. The maximum atomic E-state index is 12.8. The first kappa shape index (κ1) is 17.4. The van der Waals surface area contributed by atoms with Gasteiger partial charge < -0.3 is 14.4 Å². The van der Waals surface area contributed by atoms with E-state index in [4.69, 9.17) is 21.1 Å². The Hall–Kier alpha value is -2.99. The van der Waals surface area contributed by atoms with Gasteiger partial charge in [0.15, 0.2) is 0 Å². The fraction of sp³-hybridized carbons (Fsp3) is 0.200. The molecule has 0 saturated carbocycles. The molecule has 2 aromatic carbocycles. The van der Waals surface area contributed by atoms with E-state index < -0.39 is 0 Å². The first-order valence-corrected chi connectivity index (χ1v) is 8.76. The van der Waals surface area contributed by atoms with Crippen LogP contribution < -0.4 is 9.47 Å². The number of aromatic amines is 1. The number of H-pyrrole nitrogens is 1. The summed E-state index contributed by atoms with van der Waals surface area (Å²) in [4.78, 5) is 14.5. The summed E-state index contributed by atoms with van der Waals surface area (Å²) in [6.07, 6.45) is 0. The Morgan fingerprint density at radius 2 is 1.85 bits per heavy atom. The molecule has 0 aliphatic carbocycles. The van der Waals surface area contributed by atoms with Crippen LogP contribution in [-0.4, -0.2) is 42.3 Å². The molecule has 4 rings (SSSR count). The molecule has 0 saturated heterocycles. The van der Waals surface area contributed by atoms with Gasteiger partial charge in [0.2, 0.25) is 0 Å². The Morgan fingerprint density at radius 1 is 1.11 bits per heavy atom. The van der Waals surface area contributed by atoms with Gasteiger partial charge in [-0.05, 0) is 24.3 Å². The van der Waals surface area contributed by atoms with Crippen molar-refractivity contribution >= 4 is 17.5 Å². The first-order chi connectivity index (χ1) is 13.0. The predicted molar refractivity (Wildman–Crippen MR) is 103 cm³/mol. The molecule has 1 atom stereocenters. The van der Waals surface area contributed by atoms with Gasteiger partial charge in [-0.3, -0.25) is 9.89 Å². The van der Waals surface area contributed by atoms with E-state index >= 15 is 0 Å². The third-order valence-electron chi connectivity index (χ3n) is 4.85. The zero-order valence-electron chi connectivity index (χ0n) is 15.1. The molecule has 1 N–H and O–H groups in total. The minimum absolute atomic E-state index is 0.111. The third-order valence-corrected chi connectivity index (χ3v) is 5.10. The van der Waals surface area contributed by atoms with Crippen molar-refractivity contribution in [2.24, 2.45) is 0 Å². The maximum absolute atomic E-state index is 12.8. The Labute approximate surface area is 161 Å². The van der Waals surface area contributed by atoms with Crippen LogP contribution in [0.25, 0.3) is 11.3 Å². The molecule has 138 valence electrons. The lowest BCUT2D eigenvalue weighted by molar-refractivity contribution is 0.0787. The number of benzene rings is 2. The van der Waals surface area contributed by atoms with Gasteiger partial charge in [-0.15, -0.1) is 0 Å². The number of hydrogen-bond acceptors (Lipinski definition) is 4. The van der Waals surface area contributed by atoms with E-state index in [1.807, 2.05) is 30.3 Å². The molecular formula is C20H18ClN3O3. The standard InChI is InChI=1S/C20H18ClN3O3/c1-24-19(14-9-8-13(26-2)10-15(14)27-3)16-17(22-23-18(16)20(24)25)11-4-6-12(21)7-5-11/h4-10,19H,1-3H3,(H,22,23). The molecule has 0 radical (unpaired) electrons. The largest absolute Gasteiger partial charge is 0.497 e. The van der Waals surface area contributed by atoms with Gasteiger partial charge >= 0.3 is 0 Å². The first-order valence-electron chi connectivity index (χ1n) is 8.38. The van der Waals surface area contributed by atoms with E-state index in [9.17, 15) is 4.79 Å². The van der Waals surface area contributed by atoms with Crippen LogP contribution in [0.4, 0.5) is 0 Å². The summed E-state index contributed by atoms with van der Waals surface area (Å²) >= 11 is 6.01. The lowest BCUT2D eigenvalue weighted by Gasteiger charge is -2.24. The molecule has 1 amide bonds.